The van der Waals surface area contributed by atoms with Crippen LogP contribution in [0.3, 0.4) is 0 Å². The maximum absolute atomic E-state index is 12.0. The summed E-state index contributed by atoms with van der Waals surface area (Å²) in [4.78, 5) is 12.0. The van der Waals surface area contributed by atoms with Gasteiger partial charge in [-0.2, -0.15) is 5.10 Å². The monoisotopic (exact) mass is 332 g/mol. The Morgan fingerprint density at radius 1 is 1.48 bits per heavy atom. The van der Waals surface area contributed by atoms with Crippen LogP contribution >= 0.6 is 11.6 Å². The molecule has 0 saturated heterocycles. The summed E-state index contributed by atoms with van der Waals surface area (Å²) in [6, 6.07) is 5.82. The minimum Gasteiger partial charge on any atom is -0.338 e. The molecule has 0 fully saturated rings. The normalized spacial score (nSPS) is 16.2. The molecule has 6 heteroatoms. The summed E-state index contributed by atoms with van der Waals surface area (Å²) >= 11 is 6.20. The number of carbonyl (C=O) groups excluding carboxylic acids is 1. The Balaban J connectivity index is 1.44. The van der Waals surface area contributed by atoms with E-state index in [9.17, 15) is 4.79 Å². The Hall–Kier alpha value is -2.01. The van der Waals surface area contributed by atoms with Crippen LogP contribution in [0, 0.1) is 6.92 Å². The molecule has 3 rings (SSSR count). The molecular formula is C17H21ClN4O. The standard InChI is InChI=1S/C17H21ClN4O/c1-11-12(10-20-22-11)4-3-9-19-17(23)21-16-8-7-13-14(16)5-2-6-15(13)18/h2,5-6,10,16H,3-4,7-9H2,1H3,(H,20,22)(H2,19,21,23)/t16-/m1/s1. The SMILES string of the molecule is Cc1[nH]ncc1CCCNC(=O)N[C@@H]1CCc2c(Cl)cccc21. The highest BCUT2D eigenvalue weighted by atomic mass is 35.5. The average molecular weight is 333 g/mol. The number of hydrogen-bond acceptors (Lipinski definition) is 2. The van der Waals surface area contributed by atoms with Crippen LogP contribution in [0.1, 0.15) is 41.3 Å². The van der Waals surface area contributed by atoms with Gasteiger partial charge in [0, 0.05) is 17.3 Å². The van der Waals surface area contributed by atoms with E-state index in [0.29, 0.717) is 6.54 Å². The molecule has 1 aromatic carbocycles. The third-order valence-corrected chi connectivity index (χ3v) is 4.72. The topological polar surface area (TPSA) is 69.8 Å². The van der Waals surface area contributed by atoms with Crippen molar-refractivity contribution in [1.82, 2.24) is 20.8 Å². The lowest BCUT2D eigenvalue weighted by molar-refractivity contribution is 0.237. The van der Waals surface area contributed by atoms with Crippen LogP contribution in [-0.2, 0) is 12.8 Å². The van der Waals surface area contributed by atoms with Gasteiger partial charge in [-0.15, -0.1) is 0 Å². The van der Waals surface area contributed by atoms with Crippen LogP contribution < -0.4 is 10.6 Å². The van der Waals surface area contributed by atoms with Gasteiger partial charge in [-0.05, 0) is 55.4 Å². The molecule has 1 atom stereocenters. The van der Waals surface area contributed by atoms with Crippen molar-refractivity contribution < 1.29 is 4.79 Å². The number of aryl methyl sites for hydroxylation is 2. The maximum Gasteiger partial charge on any atom is 0.315 e. The summed E-state index contributed by atoms with van der Waals surface area (Å²) in [5.74, 6) is 0. The number of halogens is 1. The zero-order valence-corrected chi connectivity index (χ0v) is 13.9. The third-order valence-electron chi connectivity index (χ3n) is 4.36. The van der Waals surface area contributed by atoms with Crippen molar-refractivity contribution in [3.63, 3.8) is 0 Å². The fraction of sp³-hybridized carbons (Fsp3) is 0.412. The van der Waals surface area contributed by atoms with Crippen molar-refractivity contribution in [2.75, 3.05) is 6.54 Å². The van der Waals surface area contributed by atoms with E-state index in [1.54, 1.807) is 0 Å². The van der Waals surface area contributed by atoms with Gasteiger partial charge < -0.3 is 10.6 Å². The number of nitrogens with zero attached hydrogens (tertiary/aromatic N) is 1. The number of fused-ring (bicyclic) bond motifs is 1. The van der Waals surface area contributed by atoms with Crippen LogP contribution in [0.25, 0.3) is 0 Å². The first-order valence-corrected chi connectivity index (χ1v) is 8.33. The zero-order chi connectivity index (χ0) is 16.2. The van der Waals surface area contributed by atoms with E-state index in [0.717, 1.165) is 47.5 Å². The molecule has 0 spiro atoms. The van der Waals surface area contributed by atoms with Gasteiger partial charge in [0.05, 0.1) is 12.2 Å². The molecule has 3 N–H and O–H groups in total. The molecule has 0 unspecified atom stereocenters. The molecule has 1 aromatic heterocycles. The van der Waals surface area contributed by atoms with Crippen molar-refractivity contribution in [1.29, 1.82) is 0 Å². The number of urea groups is 1. The third kappa shape index (κ3) is 3.67. The van der Waals surface area contributed by atoms with Crippen LogP contribution in [-0.4, -0.2) is 22.8 Å². The Bertz CT molecular complexity index is 698. The minimum atomic E-state index is -0.119. The molecular weight excluding hydrogens is 312 g/mol. The second-order valence-corrected chi connectivity index (χ2v) is 6.33. The molecule has 1 aliphatic carbocycles. The minimum absolute atomic E-state index is 0.0554. The second kappa shape index (κ2) is 7.04. The summed E-state index contributed by atoms with van der Waals surface area (Å²) in [5.41, 5.74) is 4.59. The lowest BCUT2D eigenvalue weighted by atomic mass is 10.1. The lowest BCUT2D eigenvalue weighted by Crippen LogP contribution is -2.37. The van der Waals surface area contributed by atoms with E-state index >= 15 is 0 Å². The molecule has 0 bridgehead atoms. The number of benzene rings is 1. The highest BCUT2D eigenvalue weighted by molar-refractivity contribution is 6.31. The Kier molecular flexibility index (Phi) is 4.86. The molecule has 1 aliphatic rings. The van der Waals surface area contributed by atoms with Crippen LogP contribution in [0.5, 0.6) is 0 Å². The number of rotatable bonds is 5. The van der Waals surface area contributed by atoms with Gasteiger partial charge in [-0.25, -0.2) is 4.79 Å². The summed E-state index contributed by atoms with van der Waals surface area (Å²) < 4.78 is 0. The van der Waals surface area contributed by atoms with Gasteiger partial charge in [0.2, 0.25) is 0 Å². The number of amides is 2. The smallest absolute Gasteiger partial charge is 0.315 e. The number of hydrogen-bond donors (Lipinski definition) is 3. The molecule has 23 heavy (non-hydrogen) atoms. The van der Waals surface area contributed by atoms with Gasteiger partial charge in [-0.3, -0.25) is 5.10 Å². The van der Waals surface area contributed by atoms with Crippen LogP contribution in [0.15, 0.2) is 24.4 Å². The summed E-state index contributed by atoms with van der Waals surface area (Å²) in [7, 11) is 0. The predicted octanol–water partition coefficient (Wildman–Crippen LogP) is 3.29. The van der Waals surface area contributed by atoms with Crippen molar-refractivity contribution >= 4 is 17.6 Å². The number of H-pyrrole nitrogens is 1. The second-order valence-electron chi connectivity index (χ2n) is 5.92. The zero-order valence-electron chi connectivity index (χ0n) is 13.2. The largest absolute Gasteiger partial charge is 0.338 e. The highest BCUT2D eigenvalue weighted by Crippen LogP contribution is 2.35. The first-order valence-electron chi connectivity index (χ1n) is 7.95. The van der Waals surface area contributed by atoms with Gasteiger partial charge >= 0.3 is 6.03 Å². The first kappa shape index (κ1) is 15.9. The van der Waals surface area contributed by atoms with E-state index in [4.69, 9.17) is 11.6 Å². The van der Waals surface area contributed by atoms with Crippen molar-refractivity contribution in [3.8, 4) is 0 Å². The van der Waals surface area contributed by atoms with Crippen molar-refractivity contribution in [3.05, 3.63) is 51.8 Å². The van der Waals surface area contributed by atoms with E-state index in [1.165, 1.54) is 5.56 Å². The molecule has 1 heterocycles. The molecule has 2 aromatic rings. The van der Waals surface area contributed by atoms with Crippen molar-refractivity contribution in [2.45, 2.75) is 38.6 Å². The fourth-order valence-corrected chi connectivity index (χ4v) is 3.35. The average Bonchev–Trinajstić information content (AvgIpc) is 3.12. The Labute approximate surface area is 140 Å². The first-order chi connectivity index (χ1) is 11.1. The quantitative estimate of drug-likeness (QED) is 0.735. The van der Waals surface area contributed by atoms with Gasteiger partial charge in [0.15, 0.2) is 0 Å². The number of nitrogens with one attached hydrogen (secondary N) is 3. The lowest BCUT2D eigenvalue weighted by Gasteiger charge is -2.15. The van der Waals surface area contributed by atoms with E-state index < -0.39 is 0 Å². The molecule has 2 amide bonds. The van der Waals surface area contributed by atoms with Gasteiger partial charge in [0.25, 0.3) is 0 Å². The van der Waals surface area contributed by atoms with E-state index in [-0.39, 0.29) is 12.1 Å². The summed E-state index contributed by atoms with van der Waals surface area (Å²) in [5, 5.41) is 13.7. The molecule has 0 saturated carbocycles. The van der Waals surface area contributed by atoms with Crippen LogP contribution in [0.4, 0.5) is 4.79 Å². The molecule has 0 radical (unpaired) electrons. The summed E-state index contributed by atoms with van der Waals surface area (Å²) in [6.07, 6.45) is 5.46. The van der Waals surface area contributed by atoms with E-state index in [1.807, 2.05) is 31.3 Å². The Morgan fingerprint density at radius 3 is 3.13 bits per heavy atom. The van der Waals surface area contributed by atoms with Crippen molar-refractivity contribution in [2.24, 2.45) is 0 Å². The van der Waals surface area contributed by atoms with Crippen LogP contribution in [0.2, 0.25) is 5.02 Å². The number of carbonyl (C=O) groups is 1. The maximum atomic E-state index is 12.0. The Morgan fingerprint density at radius 2 is 2.35 bits per heavy atom. The highest BCUT2D eigenvalue weighted by Gasteiger charge is 2.25. The summed E-state index contributed by atoms with van der Waals surface area (Å²) in [6.45, 7) is 2.65. The predicted molar refractivity (Wildman–Crippen MR) is 90.7 cm³/mol. The van der Waals surface area contributed by atoms with Gasteiger partial charge in [0.1, 0.15) is 0 Å². The number of aromatic nitrogens is 2. The molecule has 122 valence electrons. The molecule has 5 nitrogen and oxygen atoms in total. The molecule has 0 aliphatic heterocycles. The van der Waals surface area contributed by atoms with E-state index in [2.05, 4.69) is 20.8 Å². The van der Waals surface area contributed by atoms with Gasteiger partial charge in [-0.1, -0.05) is 23.7 Å². The fourth-order valence-electron chi connectivity index (χ4n) is 3.08. The number of aromatic amines is 1.